The number of carbonyl (C=O) groups excluding carboxylic acids is 1. The van der Waals surface area contributed by atoms with Gasteiger partial charge in [-0.15, -0.1) is 11.3 Å². The third-order valence-corrected chi connectivity index (χ3v) is 4.62. The standard InChI is InChI=1S/C15H16N2OS/c1-9-10(2)19-15(17-9)6-14(18)11-3-4-12-7-16-8-13(12)5-11/h3-5,16H,6-8H2,1-2H3. The number of hydrogen-bond acceptors (Lipinski definition) is 4. The summed E-state index contributed by atoms with van der Waals surface area (Å²) in [4.78, 5) is 17.9. The summed E-state index contributed by atoms with van der Waals surface area (Å²) >= 11 is 1.62. The summed E-state index contributed by atoms with van der Waals surface area (Å²) in [6.45, 7) is 5.81. The number of fused-ring (bicyclic) bond motifs is 1. The van der Waals surface area contributed by atoms with Gasteiger partial charge < -0.3 is 5.32 Å². The van der Waals surface area contributed by atoms with Crippen LogP contribution in [0.4, 0.5) is 0 Å². The molecule has 19 heavy (non-hydrogen) atoms. The molecule has 1 aromatic carbocycles. The Bertz CT molecular complexity index is 626. The van der Waals surface area contributed by atoms with Crippen molar-refractivity contribution in [2.24, 2.45) is 0 Å². The normalized spacial score (nSPS) is 13.6. The van der Waals surface area contributed by atoms with E-state index >= 15 is 0 Å². The van der Waals surface area contributed by atoms with Gasteiger partial charge in [0.05, 0.1) is 12.1 Å². The van der Waals surface area contributed by atoms with Gasteiger partial charge in [0, 0.05) is 23.5 Å². The second-order valence-corrected chi connectivity index (χ2v) is 6.22. The summed E-state index contributed by atoms with van der Waals surface area (Å²) in [6.07, 6.45) is 0.408. The van der Waals surface area contributed by atoms with E-state index in [2.05, 4.69) is 16.4 Å². The first-order valence-electron chi connectivity index (χ1n) is 6.42. The molecule has 2 aromatic rings. The molecule has 1 aliphatic rings. The number of benzene rings is 1. The van der Waals surface area contributed by atoms with Crippen LogP contribution in [0.3, 0.4) is 0 Å². The quantitative estimate of drug-likeness (QED) is 0.874. The average Bonchev–Trinajstić information content (AvgIpc) is 2.96. The number of nitrogens with one attached hydrogen (secondary N) is 1. The van der Waals surface area contributed by atoms with E-state index in [1.165, 1.54) is 16.0 Å². The van der Waals surface area contributed by atoms with E-state index in [1.54, 1.807) is 11.3 Å². The number of hydrogen-bond donors (Lipinski definition) is 1. The predicted octanol–water partition coefficient (Wildman–Crippen LogP) is 2.79. The second-order valence-electron chi connectivity index (χ2n) is 4.94. The molecule has 0 radical (unpaired) electrons. The molecule has 0 amide bonds. The summed E-state index contributed by atoms with van der Waals surface area (Å²) in [5, 5.41) is 4.21. The van der Waals surface area contributed by atoms with Crippen LogP contribution in [0.25, 0.3) is 0 Å². The molecule has 0 fully saturated rings. The highest BCUT2D eigenvalue weighted by atomic mass is 32.1. The first kappa shape index (κ1) is 12.5. The molecule has 1 N–H and O–H groups in total. The molecular weight excluding hydrogens is 256 g/mol. The van der Waals surface area contributed by atoms with Gasteiger partial charge in [0.2, 0.25) is 0 Å². The lowest BCUT2D eigenvalue weighted by Crippen LogP contribution is -2.04. The van der Waals surface area contributed by atoms with Gasteiger partial charge in [0.15, 0.2) is 5.78 Å². The van der Waals surface area contributed by atoms with Crippen LogP contribution in [0.5, 0.6) is 0 Å². The number of ketones is 1. The van der Waals surface area contributed by atoms with Crippen molar-refractivity contribution >= 4 is 17.1 Å². The van der Waals surface area contributed by atoms with Gasteiger partial charge in [-0.05, 0) is 31.0 Å². The third-order valence-electron chi connectivity index (χ3n) is 3.54. The van der Waals surface area contributed by atoms with E-state index in [0.29, 0.717) is 6.42 Å². The van der Waals surface area contributed by atoms with Crippen molar-refractivity contribution < 1.29 is 4.79 Å². The molecule has 3 rings (SSSR count). The molecule has 0 aliphatic carbocycles. The van der Waals surface area contributed by atoms with Gasteiger partial charge in [0.1, 0.15) is 5.01 Å². The largest absolute Gasteiger partial charge is 0.309 e. The number of aromatic nitrogens is 1. The Kier molecular flexibility index (Phi) is 3.21. The number of rotatable bonds is 3. The molecule has 3 nitrogen and oxygen atoms in total. The summed E-state index contributed by atoms with van der Waals surface area (Å²) in [7, 11) is 0. The molecule has 0 saturated carbocycles. The van der Waals surface area contributed by atoms with Gasteiger partial charge in [0.25, 0.3) is 0 Å². The van der Waals surface area contributed by atoms with E-state index in [-0.39, 0.29) is 5.78 Å². The second kappa shape index (κ2) is 4.87. The van der Waals surface area contributed by atoms with Gasteiger partial charge in [-0.3, -0.25) is 4.79 Å². The van der Waals surface area contributed by atoms with E-state index < -0.39 is 0 Å². The van der Waals surface area contributed by atoms with Crippen molar-refractivity contribution in [1.29, 1.82) is 0 Å². The van der Waals surface area contributed by atoms with Crippen molar-refractivity contribution in [3.63, 3.8) is 0 Å². The zero-order valence-electron chi connectivity index (χ0n) is 11.1. The lowest BCUT2D eigenvalue weighted by atomic mass is 10.0. The molecule has 0 spiro atoms. The van der Waals surface area contributed by atoms with E-state index in [0.717, 1.165) is 29.4 Å². The van der Waals surface area contributed by atoms with Crippen molar-refractivity contribution in [2.75, 3.05) is 0 Å². The number of carbonyl (C=O) groups is 1. The smallest absolute Gasteiger partial charge is 0.169 e. The highest BCUT2D eigenvalue weighted by Gasteiger charge is 2.15. The minimum atomic E-state index is 0.156. The monoisotopic (exact) mass is 272 g/mol. The average molecular weight is 272 g/mol. The van der Waals surface area contributed by atoms with Crippen LogP contribution < -0.4 is 5.32 Å². The molecular formula is C15H16N2OS. The Morgan fingerprint density at radius 2 is 2.11 bits per heavy atom. The van der Waals surface area contributed by atoms with Crippen LogP contribution >= 0.6 is 11.3 Å². The Labute approximate surface area is 116 Å². The number of thiazole rings is 1. The van der Waals surface area contributed by atoms with Crippen molar-refractivity contribution in [3.8, 4) is 0 Å². The third kappa shape index (κ3) is 2.46. The van der Waals surface area contributed by atoms with Crippen molar-refractivity contribution in [1.82, 2.24) is 10.3 Å². The zero-order valence-corrected chi connectivity index (χ0v) is 11.9. The van der Waals surface area contributed by atoms with E-state index in [1.807, 2.05) is 26.0 Å². The van der Waals surface area contributed by atoms with Gasteiger partial charge in [-0.2, -0.15) is 0 Å². The van der Waals surface area contributed by atoms with Crippen LogP contribution in [-0.2, 0) is 19.5 Å². The number of Topliss-reactive ketones (excluding diaryl/α,β-unsaturated/α-hetero) is 1. The zero-order chi connectivity index (χ0) is 13.4. The molecule has 0 atom stereocenters. The van der Waals surface area contributed by atoms with Crippen molar-refractivity contribution in [2.45, 2.75) is 33.4 Å². The minimum absolute atomic E-state index is 0.156. The topological polar surface area (TPSA) is 42.0 Å². The Balaban J connectivity index is 1.80. The van der Waals surface area contributed by atoms with Gasteiger partial charge >= 0.3 is 0 Å². The highest BCUT2D eigenvalue weighted by Crippen LogP contribution is 2.21. The Morgan fingerprint density at radius 1 is 1.32 bits per heavy atom. The predicted molar refractivity (Wildman–Crippen MR) is 76.6 cm³/mol. The number of nitrogens with zero attached hydrogens (tertiary/aromatic N) is 1. The van der Waals surface area contributed by atoms with Gasteiger partial charge in [-0.25, -0.2) is 4.98 Å². The summed E-state index contributed by atoms with van der Waals surface area (Å²) < 4.78 is 0. The van der Waals surface area contributed by atoms with Crippen LogP contribution in [0, 0.1) is 13.8 Å². The maximum Gasteiger partial charge on any atom is 0.169 e. The van der Waals surface area contributed by atoms with E-state index in [4.69, 9.17) is 0 Å². The molecule has 1 aromatic heterocycles. The molecule has 0 unspecified atom stereocenters. The van der Waals surface area contributed by atoms with Crippen LogP contribution in [0.15, 0.2) is 18.2 Å². The first-order valence-corrected chi connectivity index (χ1v) is 7.24. The molecule has 0 bridgehead atoms. The van der Waals surface area contributed by atoms with Crippen molar-refractivity contribution in [3.05, 3.63) is 50.5 Å². The summed E-state index contributed by atoms with van der Waals surface area (Å²) in [6, 6.07) is 6.01. The lowest BCUT2D eigenvalue weighted by molar-refractivity contribution is 0.0993. The lowest BCUT2D eigenvalue weighted by Gasteiger charge is -2.02. The molecule has 1 aliphatic heterocycles. The molecule has 0 saturated heterocycles. The maximum absolute atomic E-state index is 12.3. The maximum atomic E-state index is 12.3. The van der Waals surface area contributed by atoms with E-state index in [9.17, 15) is 4.79 Å². The summed E-state index contributed by atoms with van der Waals surface area (Å²) in [5.74, 6) is 0.156. The van der Waals surface area contributed by atoms with Crippen LogP contribution in [-0.4, -0.2) is 10.8 Å². The van der Waals surface area contributed by atoms with Crippen LogP contribution in [0.2, 0.25) is 0 Å². The number of aryl methyl sites for hydroxylation is 2. The molecule has 2 heterocycles. The van der Waals surface area contributed by atoms with Crippen LogP contribution in [0.1, 0.15) is 37.1 Å². The fourth-order valence-electron chi connectivity index (χ4n) is 2.32. The highest BCUT2D eigenvalue weighted by molar-refractivity contribution is 7.11. The Morgan fingerprint density at radius 3 is 2.84 bits per heavy atom. The molecule has 98 valence electrons. The SMILES string of the molecule is Cc1nc(CC(=O)c2ccc3c(c2)CNC3)sc1C. The first-order chi connectivity index (χ1) is 9.13. The molecule has 4 heteroatoms. The fourth-order valence-corrected chi connectivity index (χ4v) is 3.26. The Hall–Kier alpha value is -1.52. The minimum Gasteiger partial charge on any atom is -0.309 e. The summed E-state index contributed by atoms with van der Waals surface area (Å²) in [5.41, 5.74) is 4.38. The fraction of sp³-hybridized carbons (Fsp3) is 0.333. The van der Waals surface area contributed by atoms with Gasteiger partial charge in [-0.1, -0.05) is 12.1 Å².